The predicted molar refractivity (Wildman–Crippen MR) is 99.6 cm³/mol. The van der Waals surface area contributed by atoms with Gasteiger partial charge in [0.2, 0.25) is 5.91 Å². The lowest BCUT2D eigenvalue weighted by molar-refractivity contribution is -0.116. The summed E-state index contributed by atoms with van der Waals surface area (Å²) in [6, 6.07) is 15.1. The summed E-state index contributed by atoms with van der Waals surface area (Å²) in [6.07, 6.45) is 0. The molecule has 0 saturated heterocycles. The second-order valence-corrected chi connectivity index (χ2v) is 6.37. The number of amides is 1. The Labute approximate surface area is 150 Å². The summed E-state index contributed by atoms with van der Waals surface area (Å²) in [5, 5.41) is 2.92. The van der Waals surface area contributed by atoms with E-state index in [1.54, 1.807) is 30.3 Å². The number of anilines is 1. The van der Waals surface area contributed by atoms with Gasteiger partial charge >= 0.3 is 5.69 Å². The predicted octanol–water partition coefficient (Wildman–Crippen LogP) is 2.48. The highest BCUT2D eigenvalue weighted by atomic mass is 16.5. The number of ether oxygens (including phenoxy) is 1. The molecular formula is C20H19N3O3. The molecule has 132 valence electrons. The van der Waals surface area contributed by atoms with Crippen molar-refractivity contribution < 1.29 is 9.53 Å². The average molecular weight is 349 g/mol. The quantitative estimate of drug-likeness (QED) is 0.790. The molecule has 1 aromatic heterocycles. The fourth-order valence-corrected chi connectivity index (χ4v) is 3.66. The summed E-state index contributed by atoms with van der Waals surface area (Å²) in [6.45, 7) is 0. The van der Waals surface area contributed by atoms with Gasteiger partial charge in [0.1, 0.15) is 11.7 Å². The SMILES string of the molecule is COc1ccc(-c2c(C3C(=O)Nc4ccccc43)n(C)c(=O)n2C)cc1. The van der Waals surface area contributed by atoms with Crippen LogP contribution in [0.4, 0.5) is 5.69 Å². The highest BCUT2D eigenvalue weighted by molar-refractivity contribution is 6.05. The molecule has 1 amide bonds. The number of carbonyl (C=O) groups is 1. The smallest absolute Gasteiger partial charge is 0.328 e. The molecule has 1 unspecified atom stereocenters. The van der Waals surface area contributed by atoms with Gasteiger partial charge in [-0.15, -0.1) is 0 Å². The van der Waals surface area contributed by atoms with Crippen LogP contribution in [-0.4, -0.2) is 22.2 Å². The third-order valence-electron chi connectivity index (χ3n) is 4.94. The first-order valence-electron chi connectivity index (χ1n) is 8.32. The number of imidazole rings is 1. The van der Waals surface area contributed by atoms with E-state index in [1.165, 1.54) is 0 Å². The Balaban J connectivity index is 1.96. The van der Waals surface area contributed by atoms with E-state index in [2.05, 4.69) is 5.32 Å². The van der Waals surface area contributed by atoms with Gasteiger partial charge in [0.15, 0.2) is 0 Å². The number of fused-ring (bicyclic) bond motifs is 1. The Kier molecular flexibility index (Phi) is 3.68. The minimum atomic E-state index is -0.526. The second kappa shape index (κ2) is 5.91. The monoisotopic (exact) mass is 349 g/mol. The molecule has 3 aromatic rings. The van der Waals surface area contributed by atoms with Crippen LogP contribution in [0.5, 0.6) is 5.75 Å². The van der Waals surface area contributed by atoms with Crippen molar-refractivity contribution in [2.24, 2.45) is 14.1 Å². The van der Waals surface area contributed by atoms with Crippen molar-refractivity contribution in [1.29, 1.82) is 0 Å². The number of hydrogen-bond acceptors (Lipinski definition) is 3. The minimum absolute atomic E-state index is 0.123. The lowest BCUT2D eigenvalue weighted by Gasteiger charge is -2.14. The summed E-state index contributed by atoms with van der Waals surface area (Å²) >= 11 is 0. The molecule has 0 bridgehead atoms. The van der Waals surface area contributed by atoms with Crippen LogP contribution < -0.4 is 15.7 Å². The van der Waals surface area contributed by atoms with Crippen molar-refractivity contribution in [3.63, 3.8) is 0 Å². The molecule has 0 saturated carbocycles. The van der Waals surface area contributed by atoms with Crippen LogP contribution in [0.15, 0.2) is 53.3 Å². The van der Waals surface area contributed by atoms with Crippen LogP contribution in [0.1, 0.15) is 17.2 Å². The van der Waals surface area contributed by atoms with E-state index in [4.69, 9.17) is 4.74 Å². The van der Waals surface area contributed by atoms with Crippen molar-refractivity contribution in [3.8, 4) is 17.0 Å². The van der Waals surface area contributed by atoms with E-state index in [9.17, 15) is 9.59 Å². The molecule has 1 aliphatic heterocycles. The standard InChI is InChI=1S/C20H19N3O3/c1-22-17(12-8-10-13(26-3)11-9-12)18(23(2)20(22)25)16-14-6-4-5-7-15(14)21-19(16)24/h4-11,16H,1-3H3,(H,21,24). The summed E-state index contributed by atoms with van der Waals surface area (Å²) < 4.78 is 8.37. The third-order valence-corrected chi connectivity index (χ3v) is 4.94. The first-order chi connectivity index (χ1) is 12.5. The fraction of sp³-hybridized carbons (Fsp3) is 0.200. The van der Waals surface area contributed by atoms with Crippen molar-refractivity contribution in [2.75, 3.05) is 12.4 Å². The Hall–Kier alpha value is -3.28. The largest absolute Gasteiger partial charge is 0.497 e. The zero-order chi connectivity index (χ0) is 18.4. The van der Waals surface area contributed by atoms with Gasteiger partial charge in [0.05, 0.1) is 18.5 Å². The maximum atomic E-state index is 12.7. The highest BCUT2D eigenvalue weighted by Gasteiger charge is 2.37. The first-order valence-corrected chi connectivity index (χ1v) is 8.32. The first kappa shape index (κ1) is 16.2. The zero-order valence-corrected chi connectivity index (χ0v) is 14.8. The number of nitrogens with one attached hydrogen (secondary N) is 1. The van der Waals surface area contributed by atoms with E-state index in [0.717, 1.165) is 28.3 Å². The second-order valence-electron chi connectivity index (χ2n) is 6.37. The number of rotatable bonds is 3. The summed E-state index contributed by atoms with van der Waals surface area (Å²) in [4.78, 5) is 25.4. The molecule has 2 heterocycles. The van der Waals surface area contributed by atoms with E-state index in [-0.39, 0.29) is 11.6 Å². The lowest BCUT2D eigenvalue weighted by Crippen LogP contribution is -2.22. The van der Waals surface area contributed by atoms with E-state index in [1.807, 2.05) is 48.5 Å². The molecular weight excluding hydrogens is 330 g/mol. The van der Waals surface area contributed by atoms with Gasteiger partial charge in [0.25, 0.3) is 0 Å². The summed E-state index contributed by atoms with van der Waals surface area (Å²) in [5.41, 5.74) is 3.79. The fourth-order valence-electron chi connectivity index (χ4n) is 3.66. The van der Waals surface area contributed by atoms with Gasteiger partial charge in [-0.1, -0.05) is 18.2 Å². The summed E-state index contributed by atoms with van der Waals surface area (Å²) in [7, 11) is 5.04. The molecule has 4 rings (SSSR count). The van der Waals surface area contributed by atoms with Gasteiger partial charge < -0.3 is 10.1 Å². The van der Waals surface area contributed by atoms with Crippen molar-refractivity contribution in [1.82, 2.24) is 9.13 Å². The molecule has 1 atom stereocenters. The number of carbonyl (C=O) groups excluding carboxylic acids is 1. The molecule has 0 fully saturated rings. The minimum Gasteiger partial charge on any atom is -0.497 e. The van der Waals surface area contributed by atoms with Gasteiger partial charge in [-0.25, -0.2) is 4.79 Å². The number of hydrogen-bond donors (Lipinski definition) is 1. The van der Waals surface area contributed by atoms with Crippen LogP contribution in [0.2, 0.25) is 0 Å². The van der Waals surface area contributed by atoms with E-state index in [0.29, 0.717) is 5.69 Å². The third kappa shape index (κ3) is 2.26. The van der Waals surface area contributed by atoms with Gasteiger partial charge in [-0.3, -0.25) is 13.9 Å². The lowest BCUT2D eigenvalue weighted by atomic mass is 9.93. The number of methoxy groups -OCH3 is 1. The normalized spacial score (nSPS) is 15.7. The van der Waals surface area contributed by atoms with Gasteiger partial charge in [-0.2, -0.15) is 0 Å². The molecule has 6 heteroatoms. The van der Waals surface area contributed by atoms with Crippen LogP contribution in [0.3, 0.4) is 0 Å². The average Bonchev–Trinajstić information content (AvgIpc) is 3.10. The van der Waals surface area contributed by atoms with Crippen LogP contribution in [-0.2, 0) is 18.9 Å². The van der Waals surface area contributed by atoms with Crippen LogP contribution in [0.25, 0.3) is 11.3 Å². The number of benzene rings is 2. The molecule has 0 radical (unpaired) electrons. The Bertz CT molecular complexity index is 1060. The molecule has 6 nitrogen and oxygen atoms in total. The number of aromatic nitrogens is 2. The molecule has 2 aromatic carbocycles. The van der Waals surface area contributed by atoms with Gasteiger partial charge in [-0.05, 0) is 35.9 Å². The van der Waals surface area contributed by atoms with E-state index >= 15 is 0 Å². The highest BCUT2D eigenvalue weighted by Crippen LogP contribution is 2.40. The Morgan fingerprint density at radius 3 is 2.35 bits per heavy atom. The van der Waals surface area contributed by atoms with Crippen LogP contribution >= 0.6 is 0 Å². The van der Waals surface area contributed by atoms with Crippen molar-refractivity contribution >= 4 is 11.6 Å². The molecule has 1 N–H and O–H groups in total. The number of nitrogens with zero attached hydrogens (tertiary/aromatic N) is 2. The Morgan fingerprint density at radius 2 is 1.65 bits per heavy atom. The van der Waals surface area contributed by atoms with E-state index < -0.39 is 5.92 Å². The molecule has 26 heavy (non-hydrogen) atoms. The zero-order valence-electron chi connectivity index (χ0n) is 14.8. The molecule has 1 aliphatic rings. The number of para-hydroxylation sites is 1. The van der Waals surface area contributed by atoms with Gasteiger partial charge in [0, 0.05) is 25.3 Å². The topological polar surface area (TPSA) is 65.3 Å². The summed E-state index contributed by atoms with van der Waals surface area (Å²) in [5.74, 6) is 0.0875. The Morgan fingerprint density at radius 1 is 0.962 bits per heavy atom. The van der Waals surface area contributed by atoms with Crippen LogP contribution in [0, 0.1) is 0 Å². The van der Waals surface area contributed by atoms with Crippen molar-refractivity contribution in [3.05, 3.63) is 70.3 Å². The maximum Gasteiger partial charge on any atom is 0.328 e. The van der Waals surface area contributed by atoms with Crippen molar-refractivity contribution in [2.45, 2.75) is 5.92 Å². The maximum absolute atomic E-state index is 12.7. The molecule has 0 aliphatic carbocycles. The molecule has 0 spiro atoms.